The molecule has 1 aromatic rings. The van der Waals surface area contributed by atoms with E-state index in [2.05, 4.69) is 23.4 Å². The van der Waals surface area contributed by atoms with Gasteiger partial charge in [0.05, 0.1) is 5.69 Å². The van der Waals surface area contributed by atoms with Gasteiger partial charge in [-0.25, -0.2) is 4.39 Å². The number of carboxylic acid groups (broad SMARTS) is 1. The normalized spacial score (nSPS) is 19.9. The first-order valence-corrected chi connectivity index (χ1v) is 10.2. The lowest BCUT2D eigenvalue weighted by atomic mass is 9.76. The summed E-state index contributed by atoms with van der Waals surface area (Å²) in [5.41, 5.74) is 5.02. The summed E-state index contributed by atoms with van der Waals surface area (Å²) in [7, 11) is 1.74. The van der Waals surface area contributed by atoms with Gasteiger partial charge < -0.3 is 10.0 Å². The van der Waals surface area contributed by atoms with E-state index < -0.39 is 5.97 Å². The highest BCUT2D eigenvalue weighted by atomic mass is 19.1. The molecule has 5 heteroatoms. The van der Waals surface area contributed by atoms with Crippen LogP contribution in [0.15, 0.2) is 35.4 Å². The van der Waals surface area contributed by atoms with Gasteiger partial charge in [0.15, 0.2) is 0 Å². The second kappa shape index (κ2) is 9.38. The van der Waals surface area contributed by atoms with E-state index in [4.69, 9.17) is 5.11 Å². The van der Waals surface area contributed by atoms with Crippen molar-refractivity contribution in [1.29, 1.82) is 0 Å². The standard InChI is InChI=1S/C24H33FN2O2/c1-7-24(15-17(4)9-8-10-23(28)29)11-12-27(24)22-14-20(18(5)26-6)19(16(2)3)13-21(22)25/h9,13-14H,2,7-8,10-12,15H2,1,3-6H3,(H,28,29)/b17-9-,26-18-. The molecule has 1 aliphatic heterocycles. The maximum absolute atomic E-state index is 15.1. The van der Waals surface area contributed by atoms with Crippen molar-refractivity contribution in [1.82, 2.24) is 0 Å². The molecule has 158 valence electrons. The van der Waals surface area contributed by atoms with Crippen LogP contribution in [0.3, 0.4) is 0 Å². The average Bonchev–Trinajstić information content (AvgIpc) is 2.65. The van der Waals surface area contributed by atoms with Crippen molar-refractivity contribution in [3.8, 4) is 0 Å². The number of allylic oxidation sites excluding steroid dienone is 2. The van der Waals surface area contributed by atoms with Crippen molar-refractivity contribution in [2.75, 3.05) is 18.5 Å². The number of aliphatic carboxylic acids is 1. The number of halogens is 1. The lowest BCUT2D eigenvalue weighted by Gasteiger charge is -2.55. The third-order valence-corrected chi connectivity index (χ3v) is 6.05. The highest BCUT2D eigenvalue weighted by molar-refractivity contribution is 6.03. The minimum absolute atomic E-state index is 0.135. The summed E-state index contributed by atoms with van der Waals surface area (Å²) in [4.78, 5) is 17.2. The van der Waals surface area contributed by atoms with E-state index in [1.54, 1.807) is 13.1 Å². The van der Waals surface area contributed by atoms with Crippen LogP contribution in [0.1, 0.15) is 70.9 Å². The number of rotatable bonds is 9. The summed E-state index contributed by atoms with van der Waals surface area (Å²) in [6.45, 7) is 12.8. The van der Waals surface area contributed by atoms with Gasteiger partial charge in [0.25, 0.3) is 0 Å². The molecular formula is C24H33FN2O2. The minimum atomic E-state index is -0.787. The van der Waals surface area contributed by atoms with Crippen LogP contribution >= 0.6 is 0 Å². The molecule has 1 heterocycles. The van der Waals surface area contributed by atoms with E-state index in [0.29, 0.717) is 12.1 Å². The van der Waals surface area contributed by atoms with Crippen molar-refractivity contribution in [3.05, 3.63) is 47.3 Å². The minimum Gasteiger partial charge on any atom is -0.481 e. The zero-order valence-electron chi connectivity index (χ0n) is 18.3. The maximum Gasteiger partial charge on any atom is 0.303 e. The molecule has 0 bridgehead atoms. The fraction of sp³-hybridized carbons (Fsp3) is 0.500. The molecule has 0 spiro atoms. The third kappa shape index (κ3) is 4.95. The predicted molar refractivity (Wildman–Crippen MR) is 119 cm³/mol. The first-order valence-electron chi connectivity index (χ1n) is 10.2. The molecule has 1 N–H and O–H groups in total. The number of aliphatic imine (C=N–C) groups is 1. The van der Waals surface area contributed by atoms with Crippen LogP contribution in [0.4, 0.5) is 10.1 Å². The van der Waals surface area contributed by atoms with Crippen LogP contribution in [0, 0.1) is 5.82 Å². The zero-order valence-corrected chi connectivity index (χ0v) is 18.3. The Bertz CT molecular complexity index is 853. The number of anilines is 1. The first kappa shape index (κ1) is 22.9. The lowest BCUT2D eigenvalue weighted by molar-refractivity contribution is -0.136. The number of carbonyl (C=O) groups is 1. The quantitative estimate of drug-likeness (QED) is 0.417. The summed E-state index contributed by atoms with van der Waals surface area (Å²) >= 11 is 0. The number of nitrogens with zero attached hydrogens (tertiary/aromatic N) is 2. The maximum atomic E-state index is 15.1. The molecule has 0 amide bonds. The molecule has 29 heavy (non-hydrogen) atoms. The molecule has 0 radical (unpaired) electrons. The molecule has 2 rings (SSSR count). The zero-order chi connectivity index (χ0) is 21.8. The number of hydrogen-bond donors (Lipinski definition) is 1. The van der Waals surface area contributed by atoms with Crippen molar-refractivity contribution in [2.24, 2.45) is 4.99 Å². The summed E-state index contributed by atoms with van der Waals surface area (Å²) in [6, 6.07) is 3.49. The third-order valence-electron chi connectivity index (χ3n) is 6.05. The first-order chi connectivity index (χ1) is 13.6. The molecule has 1 unspecified atom stereocenters. The van der Waals surface area contributed by atoms with Crippen LogP contribution in [0.5, 0.6) is 0 Å². The Balaban J connectivity index is 2.38. The average molecular weight is 401 g/mol. The van der Waals surface area contributed by atoms with E-state index >= 15 is 4.39 Å². The van der Waals surface area contributed by atoms with E-state index in [0.717, 1.165) is 53.8 Å². The Morgan fingerprint density at radius 1 is 1.34 bits per heavy atom. The predicted octanol–water partition coefficient (Wildman–Crippen LogP) is 5.86. The van der Waals surface area contributed by atoms with E-state index in [1.165, 1.54) is 0 Å². The molecular weight excluding hydrogens is 367 g/mol. The van der Waals surface area contributed by atoms with Crippen LogP contribution in [0.2, 0.25) is 0 Å². The van der Waals surface area contributed by atoms with E-state index in [-0.39, 0.29) is 17.8 Å². The fourth-order valence-corrected chi connectivity index (χ4v) is 4.17. The van der Waals surface area contributed by atoms with Gasteiger partial charge in [-0.2, -0.15) is 0 Å². The van der Waals surface area contributed by atoms with Gasteiger partial charge in [-0.15, -0.1) is 0 Å². The highest BCUT2D eigenvalue weighted by Crippen LogP contribution is 2.44. The van der Waals surface area contributed by atoms with Gasteiger partial charge in [-0.1, -0.05) is 30.7 Å². The summed E-state index contributed by atoms with van der Waals surface area (Å²) in [5, 5.41) is 8.84. The molecule has 0 saturated carbocycles. The molecule has 0 aliphatic carbocycles. The Hall–Kier alpha value is -2.43. The Morgan fingerprint density at radius 2 is 2.03 bits per heavy atom. The van der Waals surface area contributed by atoms with Gasteiger partial charge in [-0.3, -0.25) is 9.79 Å². The van der Waals surface area contributed by atoms with Gasteiger partial charge in [0.2, 0.25) is 0 Å². The van der Waals surface area contributed by atoms with Crippen LogP contribution in [-0.4, -0.2) is 35.9 Å². The summed E-state index contributed by atoms with van der Waals surface area (Å²) in [5.74, 6) is -1.02. The Morgan fingerprint density at radius 3 is 2.52 bits per heavy atom. The summed E-state index contributed by atoms with van der Waals surface area (Å²) < 4.78 is 15.1. The van der Waals surface area contributed by atoms with Crippen molar-refractivity contribution in [3.63, 3.8) is 0 Å². The number of hydrogen-bond acceptors (Lipinski definition) is 3. The van der Waals surface area contributed by atoms with Crippen molar-refractivity contribution in [2.45, 2.75) is 65.3 Å². The van der Waals surface area contributed by atoms with Crippen molar-refractivity contribution >= 4 is 22.9 Å². The SMILES string of the molecule is C=C(C)c1cc(F)c(N2CCC2(CC)C/C(C)=C\CCC(=O)O)cc1/C(C)=N\C. The van der Waals surface area contributed by atoms with Crippen LogP contribution in [0.25, 0.3) is 5.57 Å². The summed E-state index contributed by atoms with van der Waals surface area (Å²) in [6.07, 6.45) is 5.36. The number of benzene rings is 1. The Kier molecular flexibility index (Phi) is 7.39. The lowest BCUT2D eigenvalue weighted by Crippen LogP contribution is -2.60. The molecule has 4 nitrogen and oxygen atoms in total. The van der Waals surface area contributed by atoms with Gasteiger partial charge in [-0.05, 0) is 64.2 Å². The highest BCUT2D eigenvalue weighted by Gasteiger charge is 2.44. The van der Waals surface area contributed by atoms with Gasteiger partial charge in [0.1, 0.15) is 5.82 Å². The second-order valence-corrected chi connectivity index (χ2v) is 8.08. The monoisotopic (exact) mass is 400 g/mol. The topological polar surface area (TPSA) is 52.9 Å². The molecule has 1 aromatic carbocycles. The Labute approximate surface area is 173 Å². The largest absolute Gasteiger partial charge is 0.481 e. The van der Waals surface area contributed by atoms with Crippen molar-refractivity contribution < 1.29 is 14.3 Å². The molecule has 1 aliphatic rings. The molecule has 1 fully saturated rings. The van der Waals surface area contributed by atoms with Crippen LogP contribution in [-0.2, 0) is 4.79 Å². The van der Waals surface area contributed by atoms with E-state index in [9.17, 15) is 4.79 Å². The smallest absolute Gasteiger partial charge is 0.303 e. The van der Waals surface area contributed by atoms with Crippen LogP contribution < -0.4 is 4.90 Å². The molecule has 0 aromatic heterocycles. The number of carboxylic acids is 1. The molecule has 1 saturated heterocycles. The van der Waals surface area contributed by atoms with E-state index in [1.807, 2.05) is 32.9 Å². The van der Waals surface area contributed by atoms with Gasteiger partial charge >= 0.3 is 5.97 Å². The van der Waals surface area contributed by atoms with Gasteiger partial charge in [0, 0.05) is 36.8 Å². The second-order valence-electron chi connectivity index (χ2n) is 8.08. The molecule has 1 atom stereocenters. The fourth-order valence-electron chi connectivity index (χ4n) is 4.17.